The minimum absolute atomic E-state index is 0.0736. The average molecular weight is 419 g/mol. The number of nitrogens with zero attached hydrogens (tertiary/aromatic N) is 2. The highest BCUT2D eigenvalue weighted by Gasteiger charge is 2.20. The molecule has 9 heteroatoms. The maximum atomic E-state index is 13.0. The molecule has 2 N–H and O–H groups in total. The van der Waals surface area contributed by atoms with Crippen molar-refractivity contribution in [3.8, 4) is 11.4 Å². The number of thiophene rings is 1. The minimum Gasteiger partial charge on any atom is -0.491 e. The number of benzene rings is 1. The largest absolute Gasteiger partial charge is 0.491 e. The zero-order chi connectivity index (χ0) is 21.1. The van der Waals surface area contributed by atoms with E-state index in [0.717, 1.165) is 4.88 Å². The number of alkyl halides is 1. The molecule has 0 aliphatic rings. The first-order valence-electron chi connectivity index (χ1n) is 9.11. The van der Waals surface area contributed by atoms with Gasteiger partial charge in [0.05, 0.1) is 11.1 Å². The number of ether oxygens (including phenoxy) is 1. The molecule has 1 aromatic carbocycles. The first-order valence-corrected chi connectivity index (χ1v) is 9.99. The van der Waals surface area contributed by atoms with Crippen molar-refractivity contribution in [1.29, 1.82) is 0 Å². The van der Waals surface area contributed by atoms with Gasteiger partial charge in [0.1, 0.15) is 25.1 Å². The van der Waals surface area contributed by atoms with E-state index in [0.29, 0.717) is 22.2 Å². The fraction of sp³-hybridized carbons (Fsp3) is 0.350. The summed E-state index contributed by atoms with van der Waals surface area (Å²) < 4.78 is 18.8. The highest BCUT2D eigenvalue weighted by Crippen LogP contribution is 2.25. The van der Waals surface area contributed by atoms with E-state index in [4.69, 9.17) is 4.74 Å². The lowest BCUT2D eigenvalue weighted by atomic mass is 10.2. The van der Waals surface area contributed by atoms with Gasteiger partial charge >= 0.3 is 0 Å². The van der Waals surface area contributed by atoms with Crippen molar-refractivity contribution >= 4 is 28.0 Å². The van der Waals surface area contributed by atoms with E-state index in [-0.39, 0.29) is 29.8 Å². The third-order valence-corrected chi connectivity index (χ3v) is 5.08. The molecular formula is C20H22FN3O4S. The van der Waals surface area contributed by atoms with Gasteiger partial charge in [-0.2, -0.15) is 9.78 Å². The van der Waals surface area contributed by atoms with Gasteiger partial charge in [0.15, 0.2) is 5.69 Å². The number of carbonyl (C=O) groups excluding carboxylic acids is 1. The molecule has 3 rings (SSSR count). The van der Waals surface area contributed by atoms with Crippen LogP contribution in [0.4, 0.5) is 4.39 Å². The predicted octanol–water partition coefficient (Wildman–Crippen LogP) is 2.60. The van der Waals surface area contributed by atoms with Crippen LogP contribution >= 0.6 is 11.3 Å². The van der Waals surface area contributed by atoms with Gasteiger partial charge in [-0.1, -0.05) is 0 Å². The predicted molar refractivity (Wildman–Crippen MR) is 110 cm³/mol. The molecule has 0 spiro atoms. The molecule has 0 saturated heterocycles. The van der Waals surface area contributed by atoms with Crippen molar-refractivity contribution in [2.75, 3.05) is 13.3 Å². The van der Waals surface area contributed by atoms with Crippen LogP contribution in [0.1, 0.15) is 29.2 Å². The van der Waals surface area contributed by atoms with Gasteiger partial charge in [0.25, 0.3) is 11.5 Å². The number of aliphatic hydroxyl groups is 1. The van der Waals surface area contributed by atoms with Gasteiger partial charge in [-0.3, -0.25) is 9.59 Å². The molecule has 1 atom stereocenters. The van der Waals surface area contributed by atoms with E-state index in [2.05, 4.69) is 10.4 Å². The van der Waals surface area contributed by atoms with Gasteiger partial charge in [-0.05, 0) is 45.0 Å². The Morgan fingerprint density at radius 2 is 2.03 bits per heavy atom. The van der Waals surface area contributed by atoms with Crippen LogP contribution in [0.2, 0.25) is 0 Å². The number of aryl methyl sites for hydroxylation is 1. The molecule has 0 radical (unpaired) electrons. The molecule has 0 aliphatic heterocycles. The summed E-state index contributed by atoms with van der Waals surface area (Å²) in [6, 6.07) is 6.34. The number of nitrogens with one attached hydrogen (secondary N) is 1. The maximum Gasteiger partial charge on any atom is 0.280 e. The fourth-order valence-corrected chi connectivity index (χ4v) is 3.63. The molecule has 1 unspecified atom stereocenters. The van der Waals surface area contributed by atoms with Gasteiger partial charge in [0, 0.05) is 21.7 Å². The first-order chi connectivity index (χ1) is 13.8. The molecule has 29 heavy (non-hydrogen) atoms. The van der Waals surface area contributed by atoms with Crippen LogP contribution in [0.5, 0.6) is 5.75 Å². The van der Waals surface area contributed by atoms with Crippen molar-refractivity contribution < 1.29 is 19.0 Å². The third-order valence-electron chi connectivity index (χ3n) is 4.17. The van der Waals surface area contributed by atoms with Crippen LogP contribution in [0.15, 0.2) is 34.4 Å². The molecule has 0 bridgehead atoms. The number of rotatable bonds is 7. The Balaban J connectivity index is 2.03. The number of amides is 1. The minimum atomic E-state index is -1.19. The van der Waals surface area contributed by atoms with E-state index in [1.165, 1.54) is 16.0 Å². The number of carbonyl (C=O) groups is 1. The van der Waals surface area contributed by atoms with Gasteiger partial charge < -0.3 is 15.2 Å². The third kappa shape index (κ3) is 4.46. The maximum absolute atomic E-state index is 13.0. The molecule has 7 nitrogen and oxygen atoms in total. The SMILES string of the molecule is Cc1scc2c(C(=O)NC(C)C)nn(-c3ccc(OCC(O)CF)cc3)c(=O)c12. The average Bonchev–Trinajstić information content (AvgIpc) is 3.08. The van der Waals surface area contributed by atoms with Crippen molar-refractivity contribution in [2.24, 2.45) is 0 Å². The Bertz CT molecular complexity index is 1080. The van der Waals surface area contributed by atoms with Crippen molar-refractivity contribution in [3.05, 3.63) is 50.6 Å². The van der Waals surface area contributed by atoms with E-state index in [1.807, 2.05) is 20.8 Å². The molecule has 2 aromatic heterocycles. The second-order valence-corrected chi connectivity index (χ2v) is 7.97. The van der Waals surface area contributed by atoms with Gasteiger partial charge in [-0.15, -0.1) is 11.3 Å². The van der Waals surface area contributed by atoms with Crippen LogP contribution in [0.25, 0.3) is 16.5 Å². The van der Waals surface area contributed by atoms with Crippen LogP contribution in [-0.4, -0.2) is 46.2 Å². The van der Waals surface area contributed by atoms with Crippen LogP contribution in [0.3, 0.4) is 0 Å². The molecule has 0 aliphatic carbocycles. The lowest BCUT2D eigenvalue weighted by molar-refractivity contribution is 0.0842. The number of fused-ring (bicyclic) bond motifs is 1. The standard InChI is InChI=1S/C20H22FN3O4S/c1-11(2)22-19(26)18-16-10-29-12(3)17(16)20(27)24(23-18)13-4-6-15(7-5-13)28-9-14(25)8-21/h4-7,10-11,14,25H,8-9H2,1-3H3,(H,22,26). The summed E-state index contributed by atoms with van der Waals surface area (Å²) in [5.74, 6) is 0.0663. The number of aliphatic hydroxyl groups excluding tert-OH is 1. The Kier molecular flexibility index (Phi) is 6.29. The molecule has 0 fully saturated rings. The first kappa shape index (κ1) is 20.9. The van der Waals surface area contributed by atoms with E-state index in [1.54, 1.807) is 29.6 Å². The summed E-state index contributed by atoms with van der Waals surface area (Å²) in [5.41, 5.74) is 0.324. The molecule has 2 heterocycles. The smallest absolute Gasteiger partial charge is 0.280 e. The fourth-order valence-electron chi connectivity index (χ4n) is 2.79. The van der Waals surface area contributed by atoms with Crippen LogP contribution < -0.4 is 15.6 Å². The molecule has 3 aromatic rings. The summed E-state index contributed by atoms with van der Waals surface area (Å²) in [6.45, 7) is 4.47. The summed E-state index contributed by atoms with van der Waals surface area (Å²) in [7, 11) is 0. The number of hydrogen-bond donors (Lipinski definition) is 2. The van der Waals surface area contributed by atoms with Crippen LogP contribution in [-0.2, 0) is 0 Å². The molecule has 154 valence electrons. The second kappa shape index (κ2) is 8.71. The normalized spacial score (nSPS) is 12.3. The number of aromatic nitrogens is 2. The monoisotopic (exact) mass is 419 g/mol. The number of hydrogen-bond acceptors (Lipinski definition) is 6. The quantitative estimate of drug-likeness (QED) is 0.614. The van der Waals surface area contributed by atoms with Crippen LogP contribution in [0, 0.1) is 6.92 Å². The van der Waals surface area contributed by atoms with Crippen molar-refractivity contribution in [2.45, 2.75) is 32.9 Å². The van der Waals surface area contributed by atoms with Gasteiger partial charge in [-0.25, -0.2) is 4.39 Å². The molecular weight excluding hydrogens is 397 g/mol. The van der Waals surface area contributed by atoms with Crippen molar-refractivity contribution in [1.82, 2.24) is 15.1 Å². The summed E-state index contributed by atoms with van der Waals surface area (Å²) in [6.07, 6.45) is -1.19. The molecule has 0 saturated carbocycles. The summed E-state index contributed by atoms with van der Waals surface area (Å²) >= 11 is 1.39. The lowest BCUT2D eigenvalue weighted by Crippen LogP contribution is -2.33. The Hall–Kier alpha value is -2.78. The van der Waals surface area contributed by atoms with E-state index >= 15 is 0 Å². The Labute approximate surface area is 170 Å². The topological polar surface area (TPSA) is 93.5 Å². The molecule has 1 amide bonds. The number of halogens is 1. The van der Waals surface area contributed by atoms with Crippen molar-refractivity contribution in [3.63, 3.8) is 0 Å². The second-order valence-electron chi connectivity index (χ2n) is 6.89. The zero-order valence-corrected chi connectivity index (χ0v) is 17.1. The lowest BCUT2D eigenvalue weighted by Gasteiger charge is -2.13. The van der Waals surface area contributed by atoms with E-state index in [9.17, 15) is 19.1 Å². The summed E-state index contributed by atoms with van der Waals surface area (Å²) in [4.78, 5) is 26.5. The Morgan fingerprint density at radius 3 is 2.66 bits per heavy atom. The van der Waals surface area contributed by atoms with E-state index < -0.39 is 12.8 Å². The highest BCUT2D eigenvalue weighted by atomic mass is 32.1. The van der Waals surface area contributed by atoms with Gasteiger partial charge in [0.2, 0.25) is 0 Å². The zero-order valence-electron chi connectivity index (χ0n) is 16.3. The Morgan fingerprint density at radius 1 is 1.34 bits per heavy atom. The highest BCUT2D eigenvalue weighted by molar-refractivity contribution is 7.11. The summed E-state index contributed by atoms with van der Waals surface area (Å²) in [5, 5.41) is 19.2.